The molecule has 0 saturated heterocycles. The number of hydrogen-bond donors (Lipinski definition) is 1. The minimum atomic E-state index is 0.696. The molecule has 0 spiro atoms. The lowest BCUT2D eigenvalue weighted by molar-refractivity contribution is 0.926. The normalized spacial score (nSPS) is 11.2. The number of nitrogens with zero attached hydrogens (tertiary/aromatic N) is 4. The number of hydrogen-bond acceptors (Lipinski definition) is 7. The first-order valence-electron chi connectivity index (χ1n) is 5.06. The number of aromatic nitrogens is 5. The molecule has 0 aliphatic rings. The van der Waals surface area contributed by atoms with E-state index in [0.717, 1.165) is 27.2 Å². The molecule has 0 aliphatic carbocycles. The Hall–Kier alpha value is -1.12. The van der Waals surface area contributed by atoms with Gasteiger partial charge in [0.25, 0.3) is 0 Å². The van der Waals surface area contributed by atoms with Crippen LogP contribution in [0, 0.1) is 0 Å². The summed E-state index contributed by atoms with van der Waals surface area (Å²) in [6, 6.07) is 0. The molecule has 0 unspecified atom stereocenters. The SMILES string of the molecule is CSc1nc(SC)c2[nH]c(-c3cscn3)nc2n1. The Kier molecular flexibility index (Phi) is 3.23. The Morgan fingerprint density at radius 2 is 2.06 bits per heavy atom. The monoisotopic (exact) mass is 295 g/mol. The highest BCUT2D eigenvalue weighted by Gasteiger charge is 2.13. The first-order valence-corrected chi connectivity index (χ1v) is 8.45. The number of thioether (sulfide) groups is 2. The largest absolute Gasteiger partial charge is 0.333 e. The van der Waals surface area contributed by atoms with Crippen LogP contribution in [0.25, 0.3) is 22.7 Å². The van der Waals surface area contributed by atoms with Crippen LogP contribution in [-0.4, -0.2) is 37.4 Å². The van der Waals surface area contributed by atoms with Gasteiger partial charge in [-0.15, -0.1) is 23.1 Å². The average Bonchev–Trinajstić information content (AvgIpc) is 3.05. The second kappa shape index (κ2) is 4.87. The summed E-state index contributed by atoms with van der Waals surface area (Å²) in [6.07, 6.45) is 3.95. The highest BCUT2D eigenvalue weighted by molar-refractivity contribution is 7.99. The van der Waals surface area contributed by atoms with E-state index >= 15 is 0 Å². The van der Waals surface area contributed by atoms with Gasteiger partial charge in [-0.1, -0.05) is 11.8 Å². The molecule has 8 heteroatoms. The van der Waals surface area contributed by atoms with Gasteiger partial charge in [0, 0.05) is 5.38 Å². The van der Waals surface area contributed by atoms with Crippen molar-refractivity contribution in [2.24, 2.45) is 0 Å². The van der Waals surface area contributed by atoms with Crippen LogP contribution in [0.1, 0.15) is 0 Å². The van der Waals surface area contributed by atoms with Gasteiger partial charge < -0.3 is 4.98 Å². The van der Waals surface area contributed by atoms with Crippen molar-refractivity contribution >= 4 is 46.0 Å². The minimum Gasteiger partial charge on any atom is -0.333 e. The summed E-state index contributed by atoms with van der Waals surface area (Å²) in [6.45, 7) is 0. The number of H-pyrrole nitrogens is 1. The summed E-state index contributed by atoms with van der Waals surface area (Å²) in [7, 11) is 0. The molecule has 0 radical (unpaired) electrons. The van der Waals surface area contributed by atoms with E-state index in [1.54, 1.807) is 28.6 Å². The topological polar surface area (TPSA) is 67.3 Å². The zero-order valence-electron chi connectivity index (χ0n) is 9.67. The van der Waals surface area contributed by atoms with Crippen molar-refractivity contribution in [1.82, 2.24) is 24.9 Å². The Bertz CT molecular complexity index is 676. The molecule has 18 heavy (non-hydrogen) atoms. The molecule has 3 heterocycles. The molecule has 0 aliphatic heterocycles. The van der Waals surface area contributed by atoms with Crippen LogP contribution in [0.3, 0.4) is 0 Å². The fourth-order valence-electron chi connectivity index (χ4n) is 1.54. The molecule has 0 fully saturated rings. The quantitative estimate of drug-likeness (QED) is 0.455. The number of rotatable bonds is 3. The highest BCUT2D eigenvalue weighted by Crippen LogP contribution is 2.27. The first kappa shape index (κ1) is 11.9. The van der Waals surface area contributed by atoms with Gasteiger partial charge in [0.15, 0.2) is 16.6 Å². The summed E-state index contributed by atoms with van der Waals surface area (Å²) >= 11 is 4.65. The summed E-state index contributed by atoms with van der Waals surface area (Å²) < 4.78 is 0. The number of fused-ring (bicyclic) bond motifs is 1. The van der Waals surface area contributed by atoms with E-state index in [9.17, 15) is 0 Å². The van der Waals surface area contributed by atoms with Gasteiger partial charge >= 0.3 is 0 Å². The van der Waals surface area contributed by atoms with Crippen molar-refractivity contribution in [1.29, 1.82) is 0 Å². The lowest BCUT2D eigenvalue weighted by Crippen LogP contribution is -1.90. The maximum absolute atomic E-state index is 4.48. The van der Waals surface area contributed by atoms with Crippen molar-refractivity contribution in [2.75, 3.05) is 12.5 Å². The average molecular weight is 295 g/mol. The van der Waals surface area contributed by atoms with Gasteiger partial charge in [-0.3, -0.25) is 0 Å². The van der Waals surface area contributed by atoms with E-state index in [2.05, 4.69) is 24.9 Å². The molecular formula is C10H9N5S3. The van der Waals surface area contributed by atoms with Crippen LogP contribution in [0.4, 0.5) is 0 Å². The van der Waals surface area contributed by atoms with E-state index in [4.69, 9.17) is 0 Å². The van der Waals surface area contributed by atoms with E-state index in [1.165, 1.54) is 11.8 Å². The first-order chi connectivity index (χ1) is 8.81. The maximum atomic E-state index is 4.48. The van der Waals surface area contributed by atoms with Gasteiger partial charge in [0.1, 0.15) is 16.2 Å². The van der Waals surface area contributed by atoms with Crippen LogP contribution in [-0.2, 0) is 0 Å². The summed E-state index contributed by atoms with van der Waals surface area (Å²) in [4.78, 5) is 20.8. The van der Waals surface area contributed by atoms with Crippen LogP contribution in [0.5, 0.6) is 0 Å². The molecule has 3 aromatic heterocycles. The summed E-state index contributed by atoms with van der Waals surface area (Å²) in [5.74, 6) is 0.745. The molecule has 0 aromatic carbocycles. The van der Waals surface area contributed by atoms with E-state index in [0.29, 0.717) is 5.65 Å². The zero-order chi connectivity index (χ0) is 12.5. The highest BCUT2D eigenvalue weighted by atomic mass is 32.2. The van der Waals surface area contributed by atoms with E-state index in [1.807, 2.05) is 17.9 Å². The smallest absolute Gasteiger partial charge is 0.190 e. The van der Waals surface area contributed by atoms with Crippen molar-refractivity contribution in [2.45, 2.75) is 10.2 Å². The fraction of sp³-hybridized carbons (Fsp3) is 0.200. The maximum Gasteiger partial charge on any atom is 0.190 e. The zero-order valence-corrected chi connectivity index (χ0v) is 12.1. The molecule has 92 valence electrons. The van der Waals surface area contributed by atoms with Crippen LogP contribution in [0.2, 0.25) is 0 Å². The van der Waals surface area contributed by atoms with Crippen molar-refractivity contribution in [3.8, 4) is 11.5 Å². The number of aromatic amines is 1. The molecule has 3 rings (SSSR count). The standard InChI is InChI=1S/C10H9N5S3/c1-16-9-6-8(14-10(15-9)17-2)13-7(12-6)5-3-18-4-11-5/h3-4H,1-2H3,(H,12,13,14,15). The van der Waals surface area contributed by atoms with Gasteiger partial charge in [-0.2, -0.15) is 0 Å². The number of thiazole rings is 1. The molecule has 3 aromatic rings. The van der Waals surface area contributed by atoms with Crippen LogP contribution >= 0.6 is 34.9 Å². The summed E-state index contributed by atoms with van der Waals surface area (Å²) in [5.41, 5.74) is 4.21. The molecule has 0 saturated carbocycles. The Labute approximate surface area is 116 Å². The molecule has 5 nitrogen and oxygen atoms in total. The molecule has 0 atom stereocenters. The number of nitrogens with one attached hydrogen (secondary N) is 1. The third-order valence-electron chi connectivity index (χ3n) is 2.35. The molecule has 0 bridgehead atoms. The third-order valence-corrected chi connectivity index (χ3v) is 4.16. The summed E-state index contributed by atoms with van der Waals surface area (Å²) in [5, 5.41) is 3.61. The molecule has 0 amide bonds. The van der Waals surface area contributed by atoms with E-state index < -0.39 is 0 Å². The fourth-order valence-corrected chi connectivity index (χ4v) is 3.02. The van der Waals surface area contributed by atoms with Gasteiger partial charge in [0.05, 0.1) is 5.51 Å². The minimum absolute atomic E-state index is 0.696. The Balaban J connectivity index is 2.22. The second-order valence-corrected chi connectivity index (χ2v) is 5.66. The van der Waals surface area contributed by atoms with Crippen molar-refractivity contribution < 1.29 is 0 Å². The van der Waals surface area contributed by atoms with Gasteiger partial charge in [-0.25, -0.2) is 19.9 Å². The number of imidazole rings is 1. The Morgan fingerprint density at radius 1 is 1.17 bits per heavy atom. The predicted molar refractivity (Wildman–Crippen MR) is 76.4 cm³/mol. The molecular weight excluding hydrogens is 286 g/mol. The van der Waals surface area contributed by atoms with Gasteiger partial charge in [-0.05, 0) is 12.5 Å². The van der Waals surface area contributed by atoms with Crippen molar-refractivity contribution in [3.05, 3.63) is 10.9 Å². The second-order valence-electron chi connectivity index (χ2n) is 3.38. The Morgan fingerprint density at radius 3 is 2.72 bits per heavy atom. The third kappa shape index (κ3) is 2.00. The van der Waals surface area contributed by atoms with Crippen LogP contribution in [0.15, 0.2) is 21.1 Å². The van der Waals surface area contributed by atoms with Crippen molar-refractivity contribution in [3.63, 3.8) is 0 Å². The van der Waals surface area contributed by atoms with E-state index in [-0.39, 0.29) is 0 Å². The van der Waals surface area contributed by atoms with Crippen LogP contribution < -0.4 is 0 Å². The lowest BCUT2D eigenvalue weighted by atomic mass is 10.5. The predicted octanol–water partition coefficient (Wildman–Crippen LogP) is 2.92. The van der Waals surface area contributed by atoms with Gasteiger partial charge in [0.2, 0.25) is 0 Å². The molecule has 1 N–H and O–H groups in total. The lowest BCUT2D eigenvalue weighted by Gasteiger charge is -1.99.